The second kappa shape index (κ2) is 8.03. The highest BCUT2D eigenvalue weighted by molar-refractivity contribution is 5.13. The molecule has 2 saturated heterocycles. The highest BCUT2D eigenvalue weighted by atomic mass is 16.5. The standard InChI is InChI=1S/C18H26N6O/c1-2-5-16(6-3-1)13-22-8-10-23(11-9-22)15-18-19-20-21-24(18)14-17-7-4-12-25-17/h1-3,5-6,17H,4,7-15H2/p+2/t17-/m1/s1. The summed E-state index contributed by atoms with van der Waals surface area (Å²) in [6, 6.07) is 10.8. The van der Waals surface area contributed by atoms with Gasteiger partial charge < -0.3 is 14.5 Å². The quantitative estimate of drug-likeness (QED) is 0.658. The Balaban J connectivity index is 1.27. The van der Waals surface area contributed by atoms with E-state index in [2.05, 4.69) is 45.9 Å². The zero-order valence-electron chi connectivity index (χ0n) is 14.7. The number of nitrogens with zero attached hydrogens (tertiary/aromatic N) is 4. The third-order valence-corrected chi connectivity index (χ3v) is 5.38. The van der Waals surface area contributed by atoms with Crippen LogP contribution in [-0.2, 0) is 24.4 Å². The Bertz CT molecular complexity index is 647. The van der Waals surface area contributed by atoms with Crippen LogP contribution in [0.2, 0.25) is 0 Å². The molecule has 0 bridgehead atoms. The minimum atomic E-state index is 0.282. The van der Waals surface area contributed by atoms with Crippen molar-refractivity contribution in [3.05, 3.63) is 41.7 Å². The van der Waals surface area contributed by atoms with E-state index in [0.29, 0.717) is 0 Å². The first-order valence-corrected chi connectivity index (χ1v) is 9.44. The third kappa shape index (κ3) is 4.42. The maximum absolute atomic E-state index is 5.72. The maximum atomic E-state index is 5.72. The number of hydrogen-bond acceptors (Lipinski definition) is 4. The first kappa shape index (κ1) is 16.6. The number of aromatic nitrogens is 4. The van der Waals surface area contributed by atoms with Crippen LogP contribution >= 0.6 is 0 Å². The van der Waals surface area contributed by atoms with Crippen LogP contribution in [0.15, 0.2) is 30.3 Å². The molecule has 134 valence electrons. The van der Waals surface area contributed by atoms with Gasteiger partial charge in [0.1, 0.15) is 39.3 Å². The molecule has 0 spiro atoms. The molecular formula is C18H28N6O+2. The monoisotopic (exact) mass is 344 g/mol. The lowest BCUT2D eigenvalue weighted by molar-refractivity contribution is -1.02. The summed E-state index contributed by atoms with van der Waals surface area (Å²) in [7, 11) is 0. The van der Waals surface area contributed by atoms with E-state index in [-0.39, 0.29) is 6.10 Å². The first-order chi connectivity index (χ1) is 12.4. The Kier molecular flexibility index (Phi) is 5.34. The summed E-state index contributed by atoms with van der Waals surface area (Å²) in [4.78, 5) is 3.26. The smallest absolute Gasteiger partial charge is 0.206 e. The third-order valence-electron chi connectivity index (χ3n) is 5.38. The number of rotatable bonds is 6. The Morgan fingerprint density at radius 1 is 1.04 bits per heavy atom. The SMILES string of the molecule is c1ccc(C[NH+]2CC[NH+](Cc3nnnn3C[C@H]3CCCO3)CC2)cc1. The van der Waals surface area contributed by atoms with Gasteiger partial charge in [-0.25, -0.2) is 4.68 Å². The van der Waals surface area contributed by atoms with Crippen LogP contribution < -0.4 is 9.80 Å². The van der Waals surface area contributed by atoms with Crippen LogP contribution in [0, 0.1) is 0 Å². The van der Waals surface area contributed by atoms with Gasteiger partial charge in [-0.2, -0.15) is 0 Å². The molecule has 0 unspecified atom stereocenters. The summed E-state index contributed by atoms with van der Waals surface area (Å²) in [5.41, 5.74) is 1.43. The van der Waals surface area contributed by atoms with E-state index in [4.69, 9.17) is 4.74 Å². The molecule has 0 saturated carbocycles. The lowest BCUT2D eigenvalue weighted by atomic mass is 10.2. The van der Waals surface area contributed by atoms with Gasteiger partial charge >= 0.3 is 0 Å². The lowest BCUT2D eigenvalue weighted by Gasteiger charge is -2.29. The Morgan fingerprint density at radius 3 is 2.52 bits per heavy atom. The van der Waals surface area contributed by atoms with E-state index in [9.17, 15) is 0 Å². The van der Waals surface area contributed by atoms with E-state index in [1.807, 2.05) is 4.68 Å². The van der Waals surface area contributed by atoms with Crippen molar-refractivity contribution >= 4 is 0 Å². The van der Waals surface area contributed by atoms with E-state index < -0.39 is 0 Å². The number of ether oxygens (including phenoxy) is 1. The highest BCUT2D eigenvalue weighted by Gasteiger charge is 2.26. The van der Waals surface area contributed by atoms with E-state index >= 15 is 0 Å². The molecule has 4 rings (SSSR count). The molecule has 1 aromatic heterocycles. The van der Waals surface area contributed by atoms with Gasteiger partial charge in [-0.05, 0) is 23.3 Å². The molecule has 7 nitrogen and oxygen atoms in total. The van der Waals surface area contributed by atoms with Crippen LogP contribution in [0.25, 0.3) is 0 Å². The molecular weight excluding hydrogens is 316 g/mol. The molecule has 7 heteroatoms. The second-order valence-corrected chi connectivity index (χ2v) is 7.25. The van der Waals surface area contributed by atoms with Gasteiger partial charge in [0.15, 0.2) is 0 Å². The minimum Gasteiger partial charge on any atom is -0.376 e. The number of nitrogens with one attached hydrogen (secondary N) is 2. The fraction of sp³-hybridized carbons (Fsp3) is 0.611. The Morgan fingerprint density at radius 2 is 1.80 bits per heavy atom. The van der Waals surface area contributed by atoms with E-state index in [0.717, 1.165) is 44.9 Å². The van der Waals surface area contributed by atoms with Crippen LogP contribution in [-0.4, -0.2) is 59.1 Å². The molecule has 2 aromatic rings. The van der Waals surface area contributed by atoms with Gasteiger partial charge in [0.2, 0.25) is 5.82 Å². The normalized spacial score (nSPS) is 26.8. The second-order valence-electron chi connectivity index (χ2n) is 7.25. The summed E-state index contributed by atoms with van der Waals surface area (Å²) in [6.07, 6.45) is 2.55. The van der Waals surface area contributed by atoms with Gasteiger partial charge in [0.25, 0.3) is 0 Å². The molecule has 1 aromatic carbocycles. The summed E-state index contributed by atoms with van der Waals surface area (Å²) in [5.74, 6) is 0.997. The largest absolute Gasteiger partial charge is 0.376 e. The zero-order chi connectivity index (χ0) is 16.9. The summed E-state index contributed by atoms with van der Waals surface area (Å²) in [6.45, 7) is 8.47. The van der Waals surface area contributed by atoms with Crippen LogP contribution in [0.5, 0.6) is 0 Å². The Labute approximate surface area is 148 Å². The fourth-order valence-corrected chi connectivity index (χ4v) is 3.89. The molecule has 2 N–H and O–H groups in total. The predicted molar refractivity (Wildman–Crippen MR) is 92.0 cm³/mol. The van der Waals surface area contributed by atoms with Crippen molar-refractivity contribution in [2.24, 2.45) is 0 Å². The molecule has 3 heterocycles. The molecule has 0 radical (unpaired) electrons. The molecule has 0 amide bonds. The molecule has 2 aliphatic heterocycles. The van der Waals surface area contributed by atoms with Gasteiger partial charge in [-0.3, -0.25) is 0 Å². The van der Waals surface area contributed by atoms with Crippen molar-refractivity contribution < 1.29 is 14.5 Å². The summed E-state index contributed by atoms with van der Waals surface area (Å²) < 4.78 is 7.67. The van der Waals surface area contributed by atoms with Crippen molar-refractivity contribution in [2.45, 2.75) is 38.6 Å². The molecule has 2 aliphatic rings. The number of piperazine rings is 1. The van der Waals surface area contributed by atoms with Crippen molar-refractivity contribution in [1.82, 2.24) is 20.2 Å². The average Bonchev–Trinajstić information content (AvgIpc) is 3.31. The Hall–Kier alpha value is -1.83. The van der Waals surface area contributed by atoms with Crippen molar-refractivity contribution in [1.29, 1.82) is 0 Å². The van der Waals surface area contributed by atoms with Crippen molar-refractivity contribution in [3.8, 4) is 0 Å². The summed E-state index contributed by atoms with van der Waals surface area (Å²) in [5, 5.41) is 12.3. The lowest BCUT2D eigenvalue weighted by Crippen LogP contribution is -3.27. The van der Waals surface area contributed by atoms with Gasteiger partial charge in [0, 0.05) is 12.2 Å². The molecule has 25 heavy (non-hydrogen) atoms. The van der Waals surface area contributed by atoms with Crippen molar-refractivity contribution in [2.75, 3.05) is 32.8 Å². The number of tetrazole rings is 1. The van der Waals surface area contributed by atoms with Crippen molar-refractivity contribution in [3.63, 3.8) is 0 Å². The molecule has 2 fully saturated rings. The molecule has 1 atom stereocenters. The van der Waals surface area contributed by atoms with Crippen LogP contribution in [0.4, 0.5) is 0 Å². The summed E-state index contributed by atoms with van der Waals surface area (Å²) >= 11 is 0. The van der Waals surface area contributed by atoms with Gasteiger partial charge in [-0.15, -0.1) is 5.10 Å². The van der Waals surface area contributed by atoms with Gasteiger partial charge in [0.05, 0.1) is 12.6 Å². The number of quaternary nitrogens is 2. The highest BCUT2D eigenvalue weighted by Crippen LogP contribution is 2.13. The first-order valence-electron chi connectivity index (χ1n) is 9.44. The van der Waals surface area contributed by atoms with Gasteiger partial charge in [-0.1, -0.05) is 30.3 Å². The topological polar surface area (TPSA) is 61.7 Å². The maximum Gasteiger partial charge on any atom is 0.206 e. The molecule has 0 aliphatic carbocycles. The van der Waals surface area contributed by atoms with E-state index in [1.54, 1.807) is 9.80 Å². The number of hydrogen-bond donors (Lipinski definition) is 2. The predicted octanol–water partition coefficient (Wildman–Crippen LogP) is -1.66. The zero-order valence-corrected chi connectivity index (χ0v) is 14.7. The minimum absolute atomic E-state index is 0.282. The van der Waals surface area contributed by atoms with Crippen LogP contribution in [0.1, 0.15) is 24.2 Å². The van der Waals surface area contributed by atoms with E-state index in [1.165, 1.54) is 31.7 Å². The van der Waals surface area contributed by atoms with Crippen LogP contribution in [0.3, 0.4) is 0 Å². The fourth-order valence-electron chi connectivity index (χ4n) is 3.89. The average molecular weight is 344 g/mol. The number of benzene rings is 1.